The van der Waals surface area contributed by atoms with Crippen molar-refractivity contribution >= 4 is 5.69 Å². The highest BCUT2D eigenvalue weighted by Gasteiger charge is 2.23. The predicted octanol–water partition coefficient (Wildman–Crippen LogP) is 1.05. The molecule has 0 amide bonds. The van der Waals surface area contributed by atoms with Crippen molar-refractivity contribution in [1.82, 2.24) is 0 Å². The van der Waals surface area contributed by atoms with Gasteiger partial charge >= 0.3 is 0 Å². The second-order valence-corrected chi connectivity index (χ2v) is 2.80. The minimum atomic E-state index is 0.282. The van der Waals surface area contributed by atoms with Gasteiger partial charge in [-0.2, -0.15) is 0 Å². The average Bonchev–Trinajstić information content (AvgIpc) is 2.86. The van der Waals surface area contributed by atoms with E-state index in [9.17, 15) is 0 Å². The molecule has 0 radical (unpaired) electrons. The third kappa shape index (κ3) is 1.68. The third-order valence-electron chi connectivity index (χ3n) is 1.75. The van der Waals surface area contributed by atoms with Gasteiger partial charge in [-0.25, -0.2) is 0 Å². The van der Waals surface area contributed by atoms with Crippen LogP contribution in [0.3, 0.4) is 0 Å². The van der Waals surface area contributed by atoms with Crippen molar-refractivity contribution < 1.29 is 9.47 Å². The summed E-state index contributed by atoms with van der Waals surface area (Å²) in [5.74, 6) is 0.744. The molecule has 1 aliphatic rings. The van der Waals surface area contributed by atoms with Crippen molar-refractivity contribution in [3.8, 4) is 5.75 Å². The molecular weight excluding hydrogens is 154 g/mol. The Morgan fingerprint density at radius 1 is 1.50 bits per heavy atom. The zero-order chi connectivity index (χ0) is 8.39. The van der Waals surface area contributed by atoms with Crippen LogP contribution in [0.4, 0.5) is 5.69 Å². The smallest absolute Gasteiger partial charge is 0.142 e. The molecule has 1 heterocycles. The van der Waals surface area contributed by atoms with E-state index in [0.29, 0.717) is 12.3 Å². The molecule has 2 N–H and O–H groups in total. The lowest BCUT2D eigenvalue weighted by Crippen LogP contribution is -2.05. The first-order valence-electron chi connectivity index (χ1n) is 3.95. The molecule has 3 nitrogen and oxygen atoms in total. The maximum absolute atomic E-state index is 5.66. The Morgan fingerprint density at radius 2 is 2.25 bits per heavy atom. The molecule has 64 valence electrons. The molecule has 0 spiro atoms. The van der Waals surface area contributed by atoms with E-state index in [-0.39, 0.29) is 6.10 Å². The summed E-state index contributed by atoms with van der Waals surface area (Å²) in [6.07, 6.45) is 0.282. The summed E-state index contributed by atoms with van der Waals surface area (Å²) in [5, 5.41) is 0. The van der Waals surface area contributed by atoms with Gasteiger partial charge in [-0.15, -0.1) is 0 Å². The Bertz CT molecular complexity index is 271. The zero-order valence-corrected chi connectivity index (χ0v) is 6.69. The van der Waals surface area contributed by atoms with Crippen LogP contribution in [0.5, 0.6) is 5.75 Å². The van der Waals surface area contributed by atoms with E-state index < -0.39 is 0 Å². The van der Waals surface area contributed by atoms with Gasteiger partial charge in [0.05, 0.1) is 12.3 Å². The Balaban J connectivity index is 1.96. The first-order chi connectivity index (χ1) is 5.86. The van der Waals surface area contributed by atoms with Crippen molar-refractivity contribution in [1.29, 1.82) is 0 Å². The van der Waals surface area contributed by atoms with Gasteiger partial charge in [-0.3, -0.25) is 0 Å². The molecular formula is C9H11NO2. The fourth-order valence-corrected chi connectivity index (χ4v) is 0.959. The van der Waals surface area contributed by atoms with Crippen molar-refractivity contribution in [3.05, 3.63) is 24.3 Å². The van der Waals surface area contributed by atoms with Crippen LogP contribution < -0.4 is 10.5 Å². The van der Waals surface area contributed by atoms with E-state index in [1.54, 1.807) is 0 Å². The predicted molar refractivity (Wildman–Crippen MR) is 46.1 cm³/mol. The maximum Gasteiger partial charge on any atom is 0.142 e. The summed E-state index contributed by atoms with van der Waals surface area (Å²) in [6.45, 7) is 1.42. The van der Waals surface area contributed by atoms with Crippen LogP contribution in [0.25, 0.3) is 0 Å². The highest BCUT2D eigenvalue weighted by atomic mass is 16.6. The van der Waals surface area contributed by atoms with Gasteiger partial charge < -0.3 is 15.2 Å². The number of hydrogen-bond donors (Lipinski definition) is 1. The first kappa shape index (κ1) is 7.43. The molecule has 0 bridgehead atoms. The number of anilines is 1. The van der Waals surface area contributed by atoms with Crippen LogP contribution in [0.15, 0.2) is 24.3 Å². The van der Waals surface area contributed by atoms with Crippen molar-refractivity contribution in [3.63, 3.8) is 0 Å². The highest BCUT2D eigenvalue weighted by molar-refractivity contribution is 5.51. The highest BCUT2D eigenvalue weighted by Crippen LogP contribution is 2.21. The van der Waals surface area contributed by atoms with Crippen LogP contribution in [0.2, 0.25) is 0 Å². The van der Waals surface area contributed by atoms with E-state index in [1.807, 2.05) is 24.3 Å². The van der Waals surface area contributed by atoms with Crippen molar-refractivity contribution in [2.24, 2.45) is 0 Å². The van der Waals surface area contributed by atoms with Gasteiger partial charge in [-0.05, 0) is 12.1 Å². The number of epoxide rings is 1. The lowest BCUT2D eigenvalue weighted by molar-refractivity contribution is 0.264. The number of benzene rings is 1. The summed E-state index contributed by atoms with van der Waals surface area (Å²) in [5.41, 5.74) is 6.34. The van der Waals surface area contributed by atoms with Crippen LogP contribution in [0, 0.1) is 0 Å². The van der Waals surface area contributed by atoms with Gasteiger partial charge in [-0.1, -0.05) is 12.1 Å². The Labute approximate surface area is 71.1 Å². The lowest BCUT2D eigenvalue weighted by Gasteiger charge is -2.05. The topological polar surface area (TPSA) is 47.8 Å². The molecule has 3 heteroatoms. The molecule has 1 atom stereocenters. The monoisotopic (exact) mass is 165 g/mol. The van der Waals surface area contributed by atoms with Crippen LogP contribution in [-0.4, -0.2) is 19.3 Å². The standard InChI is InChI=1S/C9H11NO2/c10-8-3-1-2-4-9(8)12-6-7-5-11-7/h1-4,7H,5-6,10H2/t7-/m0/s1. The second-order valence-electron chi connectivity index (χ2n) is 2.80. The number of nitrogens with two attached hydrogens (primary N) is 1. The largest absolute Gasteiger partial charge is 0.489 e. The number of ether oxygens (including phenoxy) is 2. The number of hydrogen-bond acceptors (Lipinski definition) is 3. The van der Waals surface area contributed by atoms with Gasteiger partial charge in [0.1, 0.15) is 18.5 Å². The van der Waals surface area contributed by atoms with Gasteiger partial charge in [0.2, 0.25) is 0 Å². The summed E-state index contributed by atoms with van der Waals surface area (Å²) >= 11 is 0. The zero-order valence-electron chi connectivity index (χ0n) is 6.69. The fourth-order valence-electron chi connectivity index (χ4n) is 0.959. The maximum atomic E-state index is 5.66. The second kappa shape index (κ2) is 3.03. The molecule has 0 saturated carbocycles. The fraction of sp³-hybridized carbons (Fsp3) is 0.333. The summed E-state index contributed by atoms with van der Waals surface area (Å²) < 4.78 is 10.4. The van der Waals surface area contributed by atoms with E-state index in [1.165, 1.54) is 0 Å². The summed E-state index contributed by atoms with van der Waals surface area (Å²) in [6, 6.07) is 7.47. The van der Waals surface area contributed by atoms with Crippen LogP contribution >= 0.6 is 0 Å². The minimum Gasteiger partial charge on any atom is -0.489 e. The molecule has 1 fully saturated rings. The molecule has 12 heavy (non-hydrogen) atoms. The number of nitrogen functional groups attached to an aromatic ring is 1. The molecule has 2 rings (SSSR count). The SMILES string of the molecule is Nc1ccccc1OC[C@@H]1CO1. The first-order valence-corrected chi connectivity index (χ1v) is 3.95. The molecule has 0 unspecified atom stereocenters. The van der Waals surface area contributed by atoms with E-state index >= 15 is 0 Å². The number of para-hydroxylation sites is 2. The van der Waals surface area contributed by atoms with E-state index in [4.69, 9.17) is 15.2 Å². The van der Waals surface area contributed by atoms with Crippen LogP contribution in [0.1, 0.15) is 0 Å². The Kier molecular flexibility index (Phi) is 1.87. The molecule has 1 aromatic rings. The average molecular weight is 165 g/mol. The van der Waals surface area contributed by atoms with Crippen molar-refractivity contribution in [2.75, 3.05) is 18.9 Å². The molecule has 0 aromatic heterocycles. The summed E-state index contributed by atoms with van der Waals surface area (Å²) in [7, 11) is 0. The number of rotatable bonds is 3. The van der Waals surface area contributed by atoms with Gasteiger partial charge in [0, 0.05) is 0 Å². The lowest BCUT2D eigenvalue weighted by atomic mass is 10.3. The Hall–Kier alpha value is -1.22. The Morgan fingerprint density at radius 3 is 2.92 bits per heavy atom. The minimum absolute atomic E-state index is 0.282. The normalized spacial score (nSPS) is 20.5. The quantitative estimate of drug-likeness (QED) is 0.538. The van der Waals surface area contributed by atoms with Gasteiger partial charge in [0.25, 0.3) is 0 Å². The van der Waals surface area contributed by atoms with E-state index in [2.05, 4.69) is 0 Å². The molecule has 1 aromatic carbocycles. The molecule has 1 saturated heterocycles. The molecule has 0 aliphatic carbocycles. The van der Waals surface area contributed by atoms with E-state index in [0.717, 1.165) is 12.4 Å². The van der Waals surface area contributed by atoms with Gasteiger partial charge in [0.15, 0.2) is 0 Å². The third-order valence-corrected chi connectivity index (χ3v) is 1.75. The summed E-state index contributed by atoms with van der Waals surface area (Å²) in [4.78, 5) is 0. The van der Waals surface area contributed by atoms with Crippen LogP contribution in [-0.2, 0) is 4.74 Å². The molecule has 1 aliphatic heterocycles. The van der Waals surface area contributed by atoms with Crippen molar-refractivity contribution in [2.45, 2.75) is 6.10 Å².